The Hall–Kier alpha value is -0.910. The first kappa shape index (κ1) is 13.2. The van der Waals surface area contributed by atoms with Gasteiger partial charge in [-0.15, -0.1) is 0 Å². The highest BCUT2D eigenvalue weighted by Crippen LogP contribution is 2.22. The molecule has 0 saturated carbocycles. The number of rotatable bonds is 3. The first-order valence-electron chi connectivity index (χ1n) is 5.48. The standard InChI is InChI=1S/C10H19N3O2S/c1-3-8-6-13(4-5-16-8)10(14)7(2)9(11)12-15/h7-8,15H,3-6H2,1-2H3,(H2,11,12). The number of carbonyl (C=O) groups is 1. The van der Waals surface area contributed by atoms with Gasteiger partial charge in [-0.05, 0) is 13.3 Å². The highest BCUT2D eigenvalue weighted by Gasteiger charge is 2.28. The number of nitrogens with zero attached hydrogens (tertiary/aromatic N) is 2. The number of hydrogen-bond donors (Lipinski definition) is 2. The Morgan fingerprint density at radius 2 is 2.44 bits per heavy atom. The maximum atomic E-state index is 12.0. The largest absolute Gasteiger partial charge is 0.409 e. The van der Waals surface area contributed by atoms with Crippen LogP contribution in [-0.4, -0.2) is 45.9 Å². The van der Waals surface area contributed by atoms with E-state index in [1.165, 1.54) is 0 Å². The molecule has 2 atom stereocenters. The van der Waals surface area contributed by atoms with Gasteiger partial charge in [0.2, 0.25) is 5.91 Å². The van der Waals surface area contributed by atoms with Crippen molar-refractivity contribution in [3.63, 3.8) is 0 Å². The number of carbonyl (C=O) groups excluding carboxylic acids is 1. The van der Waals surface area contributed by atoms with Gasteiger partial charge in [0.25, 0.3) is 0 Å². The molecule has 1 amide bonds. The molecule has 5 nitrogen and oxygen atoms in total. The zero-order valence-electron chi connectivity index (χ0n) is 9.72. The number of amides is 1. The zero-order valence-corrected chi connectivity index (χ0v) is 10.5. The lowest BCUT2D eigenvalue weighted by atomic mass is 10.1. The number of hydrogen-bond acceptors (Lipinski definition) is 4. The minimum Gasteiger partial charge on any atom is -0.409 e. The molecular weight excluding hydrogens is 226 g/mol. The summed E-state index contributed by atoms with van der Waals surface area (Å²) in [6.45, 7) is 5.31. The Balaban J connectivity index is 2.59. The maximum Gasteiger partial charge on any atom is 0.233 e. The van der Waals surface area contributed by atoms with Crippen molar-refractivity contribution in [1.82, 2.24) is 4.90 Å². The molecule has 0 spiro atoms. The SMILES string of the molecule is CCC1CN(C(=O)C(C)C(N)=NO)CCS1. The number of thioether (sulfide) groups is 1. The van der Waals surface area contributed by atoms with Gasteiger partial charge in [0.15, 0.2) is 5.84 Å². The van der Waals surface area contributed by atoms with Crippen LogP contribution in [0, 0.1) is 5.92 Å². The Labute approximate surface area is 100 Å². The van der Waals surface area contributed by atoms with Gasteiger partial charge in [-0.2, -0.15) is 11.8 Å². The van der Waals surface area contributed by atoms with Crippen molar-refractivity contribution in [1.29, 1.82) is 0 Å². The lowest BCUT2D eigenvalue weighted by molar-refractivity contribution is -0.132. The van der Waals surface area contributed by atoms with Gasteiger partial charge in [-0.3, -0.25) is 4.79 Å². The van der Waals surface area contributed by atoms with Crippen LogP contribution < -0.4 is 5.73 Å². The van der Waals surface area contributed by atoms with Crippen LogP contribution in [0.1, 0.15) is 20.3 Å². The van der Waals surface area contributed by atoms with Gasteiger partial charge in [-0.1, -0.05) is 12.1 Å². The molecule has 0 radical (unpaired) electrons. The molecule has 0 aromatic carbocycles. The number of nitrogens with two attached hydrogens (primary N) is 1. The zero-order chi connectivity index (χ0) is 12.1. The monoisotopic (exact) mass is 245 g/mol. The van der Waals surface area contributed by atoms with Crippen molar-refractivity contribution in [3.8, 4) is 0 Å². The quantitative estimate of drug-likeness (QED) is 0.332. The van der Waals surface area contributed by atoms with Crippen LogP contribution in [0.5, 0.6) is 0 Å². The molecule has 1 aliphatic heterocycles. The summed E-state index contributed by atoms with van der Waals surface area (Å²) in [6, 6.07) is 0. The lowest BCUT2D eigenvalue weighted by Gasteiger charge is -2.33. The first-order valence-corrected chi connectivity index (χ1v) is 6.52. The molecule has 0 aromatic rings. The Morgan fingerprint density at radius 3 is 3.00 bits per heavy atom. The van der Waals surface area contributed by atoms with Crippen molar-refractivity contribution in [2.75, 3.05) is 18.8 Å². The average Bonchev–Trinajstić information content (AvgIpc) is 2.36. The molecule has 0 bridgehead atoms. The third-order valence-corrected chi connectivity index (χ3v) is 4.21. The predicted octanol–water partition coefficient (Wildman–Crippen LogP) is 0.723. The topological polar surface area (TPSA) is 78.9 Å². The van der Waals surface area contributed by atoms with Crippen LogP contribution in [0.3, 0.4) is 0 Å². The van der Waals surface area contributed by atoms with E-state index in [2.05, 4.69) is 12.1 Å². The van der Waals surface area contributed by atoms with E-state index in [9.17, 15) is 4.79 Å². The molecule has 6 heteroatoms. The first-order chi connectivity index (χ1) is 7.60. The Morgan fingerprint density at radius 1 is 1.75 bits per heavy atom. The normalized spacial score (nSPS) is 24.2. The van der Waals surface area contributed by atoms with E-state index in [-0.39, 0.29) is 11.7 Å². The molecule has 3 N–H and O–H groups in total. The molecule has 1 saturated heterocycles. The highest BCUT2D eigenvalue weighted by molar-refractivity contribution is 8.00. The van der Waals surface area contributed by atoms with E-state index < -0.39 is 5.92 Å². The van der Waals surface area contributed by atoms with Gasteiger partial charge < -0.3 is 15.8 Å². The average molecular weight is 245 g/mol. The summed E-state index contributed by atoms with van der Waals surface area (Å²) >= 11 is 1.91. The summed E-state index contributed by atoms with van der Waals surface area (Å²) < 4.78 is 0. The van der Waals surface area contributed by atoms with Gasteiger partial charge in [0, 0.05) is 24.1 Å². The van der Waals surface area contributed by atoms with Gasteiger partial charge in [-0.25, -0.2) is 0 Å². The second-order valence-corrected chi connectivity index (χ2v) is 5.34. The molecule has 2 unspecified atom stereocenters. The summed E-state index contributed by atoms with van der Waals surface area (Å²) in [6.07, 6.45) is 1.06. The predicted molar refractivity (Wildman–Crippen MR) is 65.7 cm³/mol. The molecule has 1 aliphatic rings. The van der Waals surface area contributed by atoms with Crippen molar-refractivity contribution < 1.29 is 10.0 Å². The summed E-state index contributed by atoms with van der Waals surface area (Å²) in [5.74, 6) is 0.364. The van der Waals surface area contributed by atoms with Crippen LogP contribution in [0.4, 0.5) is 0 Å². The fourth-order valence-corrected chi connectivity index (χ4v) is 2.83. The van der Waals surface area contributed by atoms with Crippen LogP contribution >= 0.6 is 11.8 Å². The number of oxime groups is 1. The molecular formula is C10H19N3O2S. The van der Waals surface area contributed by atoms with Crippen LogP contribution in [0.25, 0.3) is 0 Å². The summed E-state index contributed by atoms with van der Waals surface area (Å²) in [7, 11) is 0. The van der Waals surface area contributed by atoms with Gasteiger partial charge in [0.05, 0.1) is 5.92 Å². The second kappa shape index (κ2) is 5.98. The molecule has 1 rings (SSSR count). The maximum absolute atomic E-state index is 12.0. The van der Waals surface area contributed by atoms with E-state index in [1.54, 1.807) is 6.92 Å². The minimum atomic E-state index is -0.536. The van der Waals surface area contributed by atoms with E-state index in [4.69, 9.17) is 10.9 Å². The summed E-state index contributed by atoms with van der Waals surface area (Å²) in [4.78, 5) is 13.8. The third-order valence-electron chi connectivity index (χ3n) is 2.84. The van der Waals surface area contributed by atoms with Crippen LogP contribution in [0.15, 0.2) is 5.16 Å². The molecule has 0 aliphatic carbocycles. The molecule has 0 aromatic heterocycles. The van der Waals surface area contributed by atoms with Crippen molar-refractivity contribution in [2.45, 2.75) is 25.5 Å². The summed E-state index contributed by atoms with van der Waals surface area (Å²) in [5, 5.41) is 11.9. The van der Waals surface area contributed by atoms with Crippen molar-refractivity contribution >= 4 is 23.5 Å². The smallest absolute Gasteiger partial charge is 0.233 e. The van der Waals surface area contributed by atoms with E-state index >= 15 is 0 Å². The molecule has 16 heavy (non-hydrogen) atoms. The Kier molecular flexibility index (Phi) is 4.92. The third kappa shape index (κ3) is 3.04. The minimum absolute atomic E-state index is 0.0173. The summed E-state index contributed by atoms with van der Waals surface area (Å²) in [5.41, 5.74) is 5.44. The molecule has 1 fully saturated rings. The Bertz CT molecular complexity index is 283. The second-order valence-electron chi connectivity index (χ2n) is 3.93. The van der Waals surface area contributed by atoms with Crippen LogP contribution in [0.2, 0.25) is 0 Å². The van der Waals surface area contributed by atoms with E-state index in [1.807, 2.05) is 16.7 Å². The highest BCUT2D eigenvalue weighted by atomic mass is 32.2. The van der Waals surface area contributed by atoms with E-state index in [0.29, 0.717) is 5.25 Å². The van der Waals surface area contributed by atoms with E-state index in [0.717, 1.165) is 25.3 Å². The van der Waals surface area contributed by atoms with Gasteiger partial charge in [0.1, 0.15) is 0 Å². The van der Waals surface area contributed by atoms with Crippen molar-refractivity contribution in [3.05, 3.63) is 0 Å². The fraction of sp³-hybridized carbons (Fsp3) is 0.800. The van der Waals surface area contributed by atoms with Crippen molar-refractivity contribution in [2.24, 2.45) is 16.8 Å². The number of amidine groups is 1. The lowest BCUT2D eigenvalue weighted by Crippen LogP contribution is -2.46. The van der Waals surface area contributed by atoms with Gasteiger partial charge >= 0.3 is 0 Å². The molecule has 92 valence electrons. The molecule has 1 heterocycles. The fourth-order valence-electron chi connectivity index (χ4n) is 1.65. The van der Waals surface area contributed by atoms with Crippen LogP contribution in [-0.2, 0) is 4.79 Å².